The molecule has 1 heterocycles. The van der Waals surface area contributed by atoms with E-state index in [0.29, 0.717) is 25.8 Å². The molecule has 0 aromatic carbocycles. The van der Waals surface area contributed by atoms with Crippen LogP contribution in [0.25, 0.3) is 0 Å². The number of amides is 1. The van der Waals surface area contributed by atoms with E-state index in [4.69, 9.17) is 9.47 Å². The van der Waals surface area contributed by atoms with Crippen LogP contribution in [0.3, 0.4) is 0 Å². The van der Waals surface area contributed by atoms with Crippen molar-refractivity contribution in [2.75, 3.05) is 26.3 Å². The van der Waals surface area contributed by atoms with Gasteiger partial charge in [0.1, 0.15) is 5.60 Å². The average molecular weight is 326 g/mol. The second-order valence-electron chi connectivity index (χ2n) is 8.00. The number of hydrogen-bond donors (Lipinski definition) is 1. The second-order valence-corrected chi connectivity index (χ2v) is 8.00. The third-order valence-electron chi connectivity index (χ3n) is 4.89. The zero-order valence-corrected chi connectivity index (χ0v) is 15.3. The molecule has 5 heteroatoms. The highest BCUT2D eigenvalue weighted by Gasteiger charge is 2.31. The largest absolute Gasteiger partial charge is 0.444 e. The zero-order chi connectivity index (χ0) is 16.9. The van der Waals surface area contributed by atoms with Crippen LogP contribution < -0.4 is 5.32 Å². The van der Waals surface area contributed by atoms with Crippen LogP contribution in [0.15, 0.2) is 0 Å². The van der Waals surface area contributed by atoms with Crippen molar-refractivity contribution in [2.45, 2.75) is 77.5 Å². The number of morpholine rings is 1. The van der Waals surface area contributed by atoms with E-state index < -0.39 is 5.60 Å². The van der Waals surface area contributed by atoms with Crippen molar-refractivity contribution in [3.63, 3.8) is 0 Å². The van der Waals surface area contributed by atoms with Crippen LogP contribution in [0.4, 0.5) is 4.79 Å². The molecule has 1 aliphatic carbocycles. The summed E-state index contributed by atoms with van der Waals surface area (Å²) in [6.07, 6.45) is 6.51. The summed E-state index contributed by atoms with van der Waals surface area (Å²) in [6, 6.07) is 0.558. The van der Waals surface area contributed by atoms with E-state index in [1.807, 2.05) is 25.7 Å². The highest BCUT2D eigenvalue weighted by atomic mass is 16.6. The van der Waals surface area contributed by atoms with E-state index in [1.165, 1.54) is 32.1 Å². The van der Waals surface area contributed by atoms with E-state index in [9.17, 15) is 4.79 Å². The molecule has 2 unspecified atom stereocenters. The summed E-state index contributed by atoms with van der Waals surface area (Å²) in [6.45, 7) is 10.6. The highest BCUT2D eigenvalue weighted by Crippen LogP contribution is 2.26. The Hall–Kier alpha value is -0.810. The third kappa shape index (κ3) is 5.96. The number of rotatable bonds is 4. The van der Waals surface area contributed by atoms with Crippen molar-refractivity contribution < 1.29 is 14.3 Å². The number of ether oxygens (including phenoxy) is 2. The molecule has 1 amide bonds. The molecule has 2 atom stereocenters. The van der Waals surface area contributed by atoms with Gasteiger partial charge in [-0.15, -0.1) is 0 Å². The van der Waals surface area contributed by atoms with E-state index in [0.717, 1.165) is 12.5 Å². The Bertz CT molecular complexity index is 375. The molecule has 5 nitrogen and oxygen atoms in total. The average Bonchev–Trinajstić information content (AvgIpc) is 2.52. The number of hydrogen-bond acceptors (Lipinski definition) is 4. The summed E-state index contributed by atoms with van der Waals surface area (Å²) in [5.41, 5.74) is -0.456. The molecule has 0 aromatic heterocycles. The highest BCUT2D eigenvalue weighted by molar-refractivity contribution is 5.68. The maximum atomic E-state index is 12.4. The van der Waals surface area contributed by atoms with Crippen LogP contribution in [0.5, 0.6) is 0 Å². The van der Waals surface area contributed by atoms with Crippen molar-refractivity contribution in [1.82, 2.24) is 10.2 Å². The van der Waals surface area contributed by atoms with Crippen LogP contribution >= 0.6 is 0 Å². The summed E-state index contributed by atoms with van der Waals surface area (Å²) in [7, 11) is 0. The molecule has 0 bridgehead atoms. The van der Waals surface area contributed by atoms with E-state index in [-0.39, 0.29) is 12.1 Å². The first-order chi connectivity index (χ1) is 10.9. The fourth-order valence-corrected chi connectivity index (χ4v) is 3.51. The van der Waals surface area contributed by atoms with E-state index in [1.54, 1.807) is 0 Å². The summed E-state index contributed by atoms with van der Waals surface area (Å²) in [5.74, 6) is 0.767. The molecular weight excluding hydrogens is 292 g/mol. The van der Waals surface area contributed by atoms with Crippen LogP contribution in [-0.4, -0.2) is 55.0 Å². The smallest absolute Gasteiger partial charge is 0.410 e. The number of nitrogens with zero attached hydrogens (tertiary/aromatic N) is 1. The Morgan fingerprint density at radius 3 is 2.65 bits per heavy atom. The van der Waals surface area contributed by atoms with Crippen LogP contribution in [0, 0.1) is 5.92 Å². The maximum absolute atomic E-state index is 12.4. The molecule has 0 radical (unpaired) electrons. The first-order valence-corrected chi connectivity index (χ1v) is 9.17. The number of nitrogens with one attached hydrogen (secondary N) is 1. The predicted molar refractivity (Wildman–Crippen MR) is 91.6 cm³/mol. The molecule has 134 valence electrons. The van der Waals surface area contributed by atoms with Gasteiger partial charge in [0.25, 0.3) is 0 Å². The summed E-state index contributed by atoms with van der Waals surface area (Å²) in [5, 5.41) is 3.64. The third-order valence-corrected chi connectivity index (χ3v) is 4.89. The minimum atomic E-state index is -0.456. The van der Waals surface area contributed by atoms with Crippen LogP contribution in [0.1, 0.15) is 59.8 Å². The Kier molecular flexibility index (Phi) is 6.72. The molecule has 0 spiro atoms. The quantitative estimate of drug-likeness (QED) is 0.862. The first-order valence-electron chi connectivity index (χ1n) is 9.17. The molecule has 1 saturated heterocycles. The van der Waals surface area contributed by atoms with Gasteiger partial charge in [-0.05, 0) is 46.5 Å². The Labute approximate surface area is 141 Å². The molecule has 1 N–H and O–H groups in total. The lowest BCUT2D eigenvalue weighted by Gasteiger charge is -2.38. The molecule has 2 aliphatic rings. The normalized spacial score (nSPS) is 25.2. The van der Waals surface area contributed by atoms with Gasteiger partial charge in [-0.1, -0.05) is 19.3 Å². The SMILES string of the molecule is CC(NCC1COCCN1C(=O)OC(C)(C)C)C1CCCCC1. The standard InChI is InChI=1S/C18H34N2O3/c1-14(15-8-6-5-7-9-15)19-12-16-13-22-11-10-20(16)17(21)23-18(2,3)4/h14-16,19H,5-13H2,1-4H3. The molecule has 1 saturated carbocycles. The lowest BCUT2D eigenvalue weighted by atomic mass is 9.84. The van der Waals surface area contributed by atoms with Crippen molar-refractivity contribution >= 4 is 6.09 Å². The predicted octanol–water partition coefficient (Wildman–Crippen LogP) is 3.18. The second kappa shape index (κ2) is 8.34. The van der Waals surface area contributed by atoms with Gasteiger partial charge < -0.3 is 14.8 Å². The van der Waals surface area contributed by atoms with E-state index in [2.05, 4.69) is 12.2 Å². The molecule has 23 heavy (non-hydrogen) atoms. The topological polar surface area (TPSA) is 50.8 Å². The van der Waals surface area contributed by atoms with E-state index >= 15 is 0 Å². The van der Waals surface area contributed by atoms with Crippen molar-refractivity contribution in [3.05, 3.63) is 0 Å². The first kappa shape index (κ1) is 18.5. The van der Waals surface area contributed by atoms with Crippen LogP contribution in [-0.2, 0) is 9.47 Å². The summed E-state index contributed by atoms with van der Waals surface area (Å²) in [4.78, 5) is 14.2. The monoisotopic (exact) mass is 326 g/mol. The molecule has 1 aliphatic heterocycles. The van der Waals surface area contributed by atoms with Gasteiger partial charge in [0.15, 0.2) is 0 Å². The van der Waals surface area contributed by atoms with Gasteiger partial charge in [-0.25, -0.2) is 4.79 Å². The number of carbonyl (C=O) groups excluding carboxylic acids is 1. The van der Waals surface area contributed by atoms with Gasteiger partial charge in [0, 0.05) is 19.1 Å². The van der Waals surface area contributed by atoms with Gasteiger partial charge >= 0.3 is 6.09 Å². The summed E-state index contributed by atoms with van der Waals surface area (Å²) >= 11 is 0. The minimum Gasteiger partial charge on any atom is -0.444 e. The fourth-order valence-electron chi connectivity index (χ4n) is 3.51. The van der Waals surface area contributed by atoms with Crippen LogP contribution in [0.2, 0.25) is 0 Å². The Morgan fingerprint density at radius 1 is 1.30 bits per heavy atom. The molecular formula is C18H34N2O3. The van der Waals surface area contributed by atoms with Gasteiger partial charge in [0.05, 0.1) is 19.3 Å². The van der Waals surface area contributed by atoms with Crippen molar-refractivity contribution in [1.29, 1.82) is 0 Å². The molecule has 0 aromatic rings. The number of carbonyl (C=O) groups is 1. The maximum Gasteiger partial charge on any atom is 0.410 e. The molecule has 2 rings (SSSR count). The summed E-state index contributed by atoms with van der Waals surface area (Å²) < 4.78 is 11.1. The fraction of sp³-hybridized carbons (Fsp3) is 0.944. The molecule has 2 fully saturated rings. The minimum absolute atomic E-state index is 0.0599. The van der Waals surface area contributed by atoms with Gasteiger partial charge in [-0.3, -0.25) is 4.90 Å². The Morgan fingerprint density at radius 2 is 2.00 bits per heavy atom. The lowest BCUT2D eigenvalue weighted by Crippen LogP contribution is -2.55. The van der Waals surface area contributed by atoms with Crippen molar-refractivity contribution in [2.24, 2.45) is 5.92 Å². The van der Waals surface area contributed by atoms with Gasteiger partial charge in [-0.2, -0.15) is 0 Å². The Balaban J connectivity index is 1.84. The zero-order valence-electron chi connectivity index (χ0n) is 15.3. The lowest BCUT2D eigenvalue weighted by molar-refractivity contribution is -0.0325. The van der Waals surface area contributed by atoms with Gasteiger partial charge in [0.2, 0.25) is 0 Å². The van der Waals surface area contributed by atoms with Crippen molar-refractivity contribution in [3.8, 4) is 0 Å².